The molecule has 0 bridgehead atoms. The summed E-state index contributed by atoms with van der Waals surface area (Å²) in [6.45, 7) is 7.43. The highest BCUT2D eigenvalue weighted by atomic mass is 127. The molecular weight excluding hydrogens is 469 g/mol. The molecule has 28 heavy (non-hydrogen) atoms. The van der Waals surface area contributed by atoms with Crippen LogP contribution in [0.4, 0.5) is 0 Å². The second-order valence-corrected chi connectivity index (χ2v) is 6.99. The maximum Gasteiger partial charge on any atom is 0.251 e. The van der Waals surface area contributed by atoms with Crippen molar-refractivity contribution in [2.45, 2.75) is 33.1 Å². The van der Waals surface area contributed by atoms with Gasteiger partial charge in [0, 0.05) is 38.2 Å². The minimum Gasteiger partial charge on any atom is -0.370 e. The van der Waals surface area contributed by atoms with Gasteiger partial charge in [-0.25, -0.2) is 0 Å². The zero-order chi connectivity index (χ0) is 19.6. The number of guanidine groups is 1. The number of nitrogens with two attached hydrogens (primary N) is 1. The van der Waals surface area contributed by atoms with Crippen LogP contribution in [0.25, 0.3) is 0 Å². The van der Waals surface area contributed by atoms with Crippen LogP contribution in [-0.4, -0.2) is 55.4 Å². The Morgan fingerprint density at radius 2 is 2.11 bits per heavy atom. The minimum absolute atomic E-state index is 0. The van der Waals surface area contributed by atoms with Crippen molar-refractivity contribution in [2.24, 2.45) is 16.6 Å². The van der Waals surface area contributed by atoms with E-state index in [-0.39, 0.29) is 41.7 Å². The van der Waals surface area contributed by atoms with Crippen LogP contribution in [0, 0.1) is 12.8 Å². The molecule has 2 rings (SSSR count). The molecule has 1 fully saturated rings. The number of aryl methyl sites for hydroxylation is 1. The van der Waals surface area contributed by atoms with Crippen LogP contribution in [-0.2, 0) is 4.79 Å². The lowest BCUT2D eigenvalue weighted by atomic mass is 9.95. The number of primary amides is 1. The number of nitrogens with one attached hydrogen (secondary N) is 2. The van der Waals surface area contributed by atoms with Gasteiger partial charge in [-0.15, -0.1) is 24.0 Å². The van der Waals surface area contributed by atoms with Gasteiger partial charge in [0.1, 0.15) is 0 Å². The zero-order valence-electron chi connectivity index (χ0n) is 16.7. The molecule has 1 unspecified atom stereocenters. The average Bonchev–Trinajstić information content (AvgIpc) is 2.63. The third-order valence-corrected chi connectivity index (χ3v) is 4.58. The first-order valence-corrected chi connectivity index (χ1v) is 9.66. The quantitative estimate of drug-likeness (QED) is 0.230. The van der Waals surface area contributed by atoms with E-state index in [1.54, 1.807) is 0 Å². The number of carbonyl (C=O) groups excluding carboxylic acids is 2. The van der Waals surface area contributed by atoms with Gasteiger partial charge < -0.3 is 21.3 Å². The molecule has 1 aromatic rings. The van der Waals surface area contributed by atoms with Gasteiger partial charge in [-0.1, -0.05) is 17.7 Å². The fourth-order valence-corrected chi connectivity index (χ4v) is 3.35. The van der Waals surface area contributed by atoms with E-state index < -0.39 is 0 Å². The maximum absolute atomic E-state index is 12.2. The number of hydrogen-bond donors (Lipinski definition) is 3. The fraction of sp³-hybridized carbons (Fsp3) is 0.550. The molecule has 1 aliphatic rings. The summed E-state index contributed by atoms with van der Waals surface area (Å²) < 4.78 is 0. The van der Waals surface area contributed by atoms with Crippen molar-refractivity contribution in [2.75, 3.05) is 32.7 Å². The molecule has 4 N–H and O–H groups in total. The molecule has 0 saturated carbocycles. The highest BCUT2D eigenvalue weighted by Crippen LogP contribution is 2.19. The van der Waals surface area contributed by atoms with Crippen LogP contribution in [0.15, 0.2) is 29.3 Å². The Labute approximate surface area is 184 Å². The van der Waals surface area contributed by atoms with Gasteiger partial charge in [-0.05, 0) is 44.7 Å². The van der Waals surface area contributed by atoms with E-state index in [1.165, 1.54) is 0 Å². The van der Waals surface area contributed by atoms with Gasteiger partial charge in [-0.2, -0.15) is 0 Å². The molecule has 1 heterocycles. The number of likely N-dealkylation sites (tertiary alicyclic amines) is 1. The largest absolute Gasteiger partial charge is 0.370 e. The summed E-state index contributed by atoms with van der Waals surface area (Å²) in [5, 5.41) is 6.21. The van der Waals surface area contributed by atoms with E-state index in [9.17, 15) is 9.59 Å². The Balaban J connectivity index is 0.00000392. The Kier molecular flexibility index (Phi) is 10.9. The van der Waals surface area contributed by atoms with Crippen molar-refractivity contribution in [1.29, 1.82) is 0 Å². The van der Waals surface area contributed by atoms with Gasteiger partial charge in [0.15, 0.2) is 5.96 Å². The molecule has 2 amide bonds. The SMILES string of the molecule is CCNC(=NCCNC(=O)c1cccc(C)c1)N1CCCC(CC(N)=O)C1.I. The lowest BCUT2D eigenvalue weighted by Gasteiger charge is -2.34. The second-order valence-electron chi connectivity index (χ2n) is 6.99. The predicted molar refractivity (Wildman–Crippen MR) is 123 cm³/mol. The highest BCUT2D eigenvalue weighted by molar-refractivity contribution is 14.0. The summed E-state index contributed by atoms with van der Waals surface area (Å²) in [4.78, 5) is 30.2. The van der Waals surface area contributed by atoms with Crippen LogP contribution in [0.2, 0.25) is 0 Å². The molecule has 0 radical (unpaired) electrons. The van der Waals surface area contributed by atoms with Gasteiger partial charge in [0.05, 0.1) is 6.54 Å². The molecule has 1 atom stereocenters. The van der Waals surface area contributed by atoms with Crippen molar-refractivity contribution in [3.63, 3.8) is 0 Å². The third kappa shape index (κ3) is 8.04. The number of nitrogens with zero attached hydrogens (tertiary/aromatic N) is 2. The van der Waals surface area contributed by atoms with Crippen LogP contribution in [0.5, 0.6) is 0 Å². The first kappa shape index (κ1) is 24.2. The van der Waals surface area contributed by atoms with E-state index in [0.717, 1.165) is 44.0 Å². The van der Waals surface area contributed by atoms with Crippen LogP contribution in [0.1, 0.15) is 42.1 Å². The van der Waals surface area contributed by atoms with Gasteiger partial charge in [0.2, 0.25) is 5.91 Å². The average molecular weight is 501 g/mol. The normalized spacial score (nSPS) is 16.9. The lowest BCUT2D eigenvalue weighted by Crippen LogP contribution is -2.47. The lowest BCUT2D eigenvalue weighted by molar-refractivity contribution is -0.119. The maximum atomic E-state index is 12.2. The van der Waals surface area contributed by atoms with Crippen molar-refractivity contribution in [3.8, 4) is 0 Å². The topological polar surface area (TPSA) is 99.8 Å². The Morgan fingerprint density at radius 1 is 1.32 bits per heavy atom. The standard InChI is InChI=1S/C20H31N5O2.HI/c1-3-22-20(25-11-5-7-16(14-25)13-18(21)26)24-10-9-23-19(27)17-8-4-6-15(2)12-17;/h4,6,8,12,16H,3,5,7,9-11,13-14H2,1-2H3,(H2,21,26)(H,22,24)(H,23,27);1H. The molecule has 1 aromatic carbocycles. The molecule has 8 heteroatoms. The number of aliphatic imine (C=N–C) groups is 1. The zero-order valence-corrected chi connectivity index (χ0v) is 19.1. The van der Waals surface area contributed by atoms with E-state index >= 15 is 0 Å². The summed E-state index contributed by atoms with van der Waals surface area (Å²) in [7, 11) is 0. The minimum atomic E-state index is -0.248. The van der Waals surface area contributed by atoms with E-state index in [2.05, 4.69) is 20.5 Å². The predicted octanol–water partition coefficient (Wildman–Crippen LogP) is 1.90. The summed E-state index contributed by atoms with van der Waals surface area (Å²) in [6, 6.07) is 7.52. The van der Waals surface area contributed by atoms with E-state index in [1.807, 2.05) is 38.1 Å². The van der Waals surface area contributed by atoms with Crippen LogP contribution < -0.4 is 16.4 Å². The molecule has 0 aliphatic carbocycles. The highest BCUT2D eigenvalue weighted by Gasteiger charge is 2.23. The first-order chi connectivity index (χ1) is 13.0. The summed E-state index contributed by atoms with van der Waals surface area (Å²) in [5.41, 5.74) is 7.07. The van der Waals surface area contributed by atoms with E-state index in [0.29, 0.717) is 25.1 Å². The third-order valence-electron chi connectivity index (χ3n) is 4.58. The summed E-state index contributed by atoms with van der Waals surface area (Å²) >= 11 is 0. The molecule has 1 aliphatic heterocycles. The molecule has 0 spiro atoms. The van der Waals surface area contributed by atoms with Gasteiger partial charge >= 0.3 is 0 Å². The molecular formula is C20H32IN5O2. The van der Waals surface area contributed by atoms with Crippen molar-refractivity contribution >= 4 is 41.8 Å². The number of hydrogen-bond acceptors (Lipinski definition) is 3. The van der Waals surface area contributed by atoms with Gasteiger partial charge in [-0.3, -0.25) is 14.6 Å². The molecule has 1 saturated heterocycles. The number of piperidine rings is 1. The number of carbonyl (C=O) groups is 2. The van der Waals surface area contributed by atoms with E-state index in [4.69, 9.17) is 5.73 Å². The Hall–Kier alpha value is -1.84. The number of amides is 2. The van der Waals surface area contributed by atoms with Crippen LogP contribution >= 0.6 is 24.0 Å². The number of benzene rings is 1. The Bertz CT molecular complexity index is 680. The Morgan fingerprint density at radius 3 is 2.79 bits per heavy atom. The van der Waals surface area contributed by atoms with Crippen molar-refractivity contribution in [3.05, 3.63) is 35.4 Å². The second kappa shape index (κ2) is 12.6. The molecule has 7 nitrogen and oxygen atoms in total. The fourth-order valence-electron chi connectivity index (χ4n) is 3.35. The molecule has 0 aromatic heterocycles. The first-order valence-electron chi connectivity index (χ1n) is 9.66. The monoisotopic (exact) mass is 501 g/mol. The van der Waals surface area contributed by atoms with Crippen LogP contribution in [0.3, 0.4) is 0 Å². The molecule has 156 valence electrons. The summed E-state index contributed by atoms with van der Waals surface area (Å²) in [5.74, 6) is 0.777. The van der Waals surface area contributed by atoms with Gasteiger partial charge in [0.25, 0.3) is 5.91 Å². The number of halogens is 1. The smallest absolute Gasteiger partial charge is 0.251 e. The van der Waals surface area contributed by atoms with Crippen molar-refractivity contribution < 1.29 is 9.59 Å². The summed E-state index contributed by atoms with van der Waals surface area (Å²) in [6.07, 6.45) is 2.46. The number of rotatable bonds is 7. The van der Waals surface area contributed by atoms with Crippen molar-refractivity contribution in [1.82, 2.24) is 15.5 Å².